The van der Waals surface area contributed by atoms with E-state index in [-0.39, 0.29) is 0 Å². The lowest BCUT2D eigenvalue weighted by Crippen LogP contribution is -2.04. The summed E-state index contributed by atoms with van der Waals surface area (Å²) in [6.07, 6.45) is 5.75. The van der Waals surface area contributed by atoms with Gasteiger partial charge in [0.05, 0.1) is 21.3 Å². The standard InChI is InChI=1S/C22H23ClN4S/c1-5-15(6-2)17-11-13(3)26-27-20(14(4)25-22(17)27)21-19(23)18(12-28-21)16-7-9-24-10-8-16/h7-12,15H,5-6H2,1-4H3. The topological polar surface area (TPSA) is 43.1 Å². The summed E-state index contributed by atoms with van der Waals surface area (Å²) in [6.45, 7) is 8.55. The Morgan fingerprint density at radius 1 is 1.14 bits per heavy atom. The smallest absolute Gasteiger partial charge is 0.158 e. The van der Waals surface area contributed by atoms with Crippen LogP contribution in [-0.2, 0) is 0 Å². The first-order chi connectivity index (χ1) is 13.5. The summed E-state index contributed by atoms with van der Waals surface area (Å²) >= 11 is 8.48. The summed E-state index contributed by atoms with van der Waals surface area (Å²) in [5, 5.41) is 7.64. The molecule has 0 radical (unpaired) electrons. The van der Waals surface area contributed by atoms with Crippen molar-refractivity contribution in [1.82, 2.24) is 19.6 Å². The molecule has 0 spiro atoms. The lowest BCUT2D eigenvalue weighted by molar-refractivity contribution is 0.638. The van der Waals surface area contributed by atoms with Crippen molar-refractivity contribution in [3.05, 3.63) is 57.9 Å². The van der Waals surface area contributed by atoms with Crippen molar-refractivity contribution in [2.45, 2.75) is 46.5 Å². The van der Waals surface area contributed by atoms with E-state index in [2.05, 4.69) is 30.3 Å². The van der Waals surface area contributed by atoms with E-state index in [1.165, 1.54) is 5.56 Å². The molecule has 28 heavy (non-hydrogen) atoms. The van der Waals surface area contributed by atoms with Crippen LogP contribution in [0, 0.1) is 13.8 Å². The SMILES string of the molecule is CCC(CC)c1cc(C)nn2c(-c3scc(-c4ccncc4)c3Cl)c(C)nc12. The fourth-order valence-electron chi connectivity index (χ4n) is 3.80. The highest BCUT2D eigenvalue weighted by atomic mass is 35.5. The van der Waals surface area contributed by atoms with E-state index < -0.39 is 0 Å². The third kappa shape index (κ3) is 3.12. The third-order valence-electron chi connectivity index (χ3n) is 5.27. The Morgan fingerprint density at radius 2 is 1.86 bits per heavy atom. The van der Waals surface area contributed by atoms with Crippen LogP contribution in [0.3, 0.4) is 0 Å². The van der Waals surface area contributed by atoms with Gasteiger partial charge in [-0.05, 0) is 56.4 Å². The van der Waals surface area contributed by atoms with Crippen molar-refractivity contribution in [3.8, 4) is 21.7 Å². The van der Waals surface area contributed by atoms with E-state index in [4.69, 9.17) is 21.7 Å². The van der Waals surface area contributed by atoms with Gasteiger partial charge in [-0.15, -0.1) is 11.3 Å². The molecule has 0 aromatic carbocycles. The van der Waals surface area contributed by atoms with E-state index in [0.29, 0.717) is 5.92 Å². The highest BCUT2D eigenvalue weighted by Crippen LogP contribution is 2.43. The van der Waals surface area contributed by atoms with E-state index in [1.807, 2.05) is 30.5 Å². The monoisotopic (exact) mass is 410 g/mol. The van der Waals surface area contributed by atoms with Gasteiger partial charge in [0, 0.05) is 28.9 Å². The number of rotatable bonds is 5. The molecule has 4 heterocycles. The minimum Gasteiger partial charge on any atom is -0.265 e. The molecule has 4 aromatic rings. The van der Waals surface area contributed by atoms with E-state index >= 15 is 0 Å². The zero-order valence-electron chi connectivity index (χ0n) is 16.5. The molecule has 0 saturated heterocycles. The molecular formula is C22H23ClN4S. The lowest BCUT2D eigenvalue weighted by Gasteiger charge is -2.14. The Kier molecular flexibility index (Phi) is 5.21. The first-order valence-corrected chi connectivity index (χ1v) is 10.9. The van der Waals surface area contributed by atoms with Gasteiger partial charge in [0.25, 0.3) is 0 Å². The molecule has 0 aliphatic heterocycles. The van der Waals surface area contributed by atoms with Gasteiger partial charge in [-0.25, -0.2) is 9.50 Å². The summed E-state index contributed by atoms with van der Waals surface area (Å²) in [7, 11) is 0. The zero-order valence-corrected chi connectivity index (χ0v) is 18.1. The molecule has 4 aromatic heterocycles. The van der Waals surface area contributed by atoms with Crippen molar-refractivity contribution in [1.29, 1.82) is 0 Å². The number of halogens is 1. The van der Waals surface area contributed by atoms with Gasteiger partial charge < -0.3 is 0 Å². The van der Waals surface area contributed by atoms with Gasteiger partial charge >= 0.3 is 0 Å². The Hall–Kier alpha value is -2.24. The van der Waals surface area contributed by atoms with E-state index in [0.717, 1.165) is 56.6 Å². The molecule has 0 amide bonds. The van der Waals surface area contributed by atoms with Crippen LogP contribution in [0.4, 0.5) is 0 Å². The van der Waals surface area contributed by atoms with Crippen molar-refractivity contribution >= 4 is 28.6 Å². The van der Waals surface area contributed by atoms with Gasteiger partial charge in [-0.1, -0.05) is 25.4 Å². The Balaban J connectivity index is 1.94. The first kappa shape index (κ1) is 19.1. The van der Waals surface area contributed by atoms with Gasteiger partial charge in [0.1, 0.15) is 5.69 Å². The molecule has 0 saturated carbocycles. The van der Waals surface area contributed by atoms with Crippen molar-refractivity contribution in [2.24, 2.45) is 0 Å². The van der Waals surface area contributed by atoms with Gasteiger partial charge in [-0.2, -0.15) is 5.10 Å². The Bertz CT molecular complexity index is 1130. The number of hydrogen-bond acceptors (Lipinski definition) is 4. The number of aromatic nitrogens is 4. The number of pyridine rings is 1. The molecular weight excluding hydrogens is 388 g/mol. The van der Waals surface area contributed by atoms with Crippen molar-refractivity contribution < 1.29 is 0 Å². The number of nitrogens with zero attached hydrogens (tertiary/aromatic N) is 4. The normalized spacial score (nSPS) is 11.6. The average Bonchev–Trinajstić information content (AvgIpc) is 3.22. The van der Waals surface area contributed by atoms with Crippen LogP contribution in [0.25, 0.3) is 27.3 Å². The summed E-state index contributed by atoms with van der Waals surface area (Å²) in [5.41, 5.74) is 7.24. The molecule has 6 heteroatoms. The highest BCUT2D eigenvalue weighted by Gasteiger charge is 2.23. The second-order valence-corrected chi connectivity index (χ2v) is 8.32. The maximum Gasteiger partial charge on any atom is 0.158 e. The van der Waals surface area contributed by atoms with Gasteiger partial charge in [0.15, 0.2) is 5.65 Å². The third-order valence-corrected chi connectivity index (χ3v) is 6.76. The van der Waals surface area contributed by atoms with Gasteiger partial charge in [-0.3, -0.25) is 4.98 Å². The number of aryl methyl sites for hydroxylation is 2. The molecule has 0 N–H and O–H groups in total. The van der Waals surface area contributed by atoms with Crippen LogP contribution in [0.5, 0.6) is 0 Å². The Labute approximate surface area is 174 Å². The molecule has 4 nitrogen and oxygen atoms in total. The lowest BCUT2D eigenvalue weighted by atomic mass is 9.95. The van der Waals surface area contributed by atoms with Crippen molar-refractivity contribution in [3.63, 3.8) is 0 Å². The quantitative estimate of drug-likeness (QED) is 0.368. The average molecular weight is 411 g/mol. The molecule has 0 unspecified atom stereocenters. The number of thiophene rings is 1. The Morgan fingerprint density at radius 3 is 2.54 bits per heavy atom. The molecule has 0 aliphatic carbocycles. The van der Waals surface area contributed by atoms with Crippen LogP contribution in [0.2, 0.25) is 5.02 Å². The van der Waals surface area contributed by atoms with Crippen molar-refractivity contribution in [2.75, 3.05) is 0 Å². The maximum absolute atomic E-state index is 6.84. The van der Waals surface area contributed by atoms with Crippen LogP contribution in [0.1, 0.15) is 49.6 Å². The zero-order chi connectivity index (χ0) is 19.8. The molecule has 4 rings (SSSR count). The number of hydrogen-bond donors (Lipinski definition) is 0. The minimum atomic E-state index is 0.477. The fourth-order valence-corrected chi connectivity index (χ4v) is 5.30. The summed E-state index contributed by atoms with van der Waals surface area (Å²) in [6, 6.07) is 6.14. The maximum atomic E-state index is 6.84. The van der Waals surface area contributed by atoms with Gasteiger partial charge in [0.2, 0.25) is 0 Å². The fraction of sp³-hybridized carbons (Fsp3) is 0.318. The highest BCUT2D eigenvalue weighted by molar-refractivity contribution is 7.14. The summed E-state index contributed by atoms with van der Waals surface area (Å²) in [5.74, 6) is 0.477. The van der Waals surface area contributed by atoms with Crippen LogP contribution < -0.4 is 0 Å². The van der Waals surface area contributed by atoms with Crippen LogP contribution in [0.15, 0.2) is 36.0 Å². The number of imidazole rings is 1. The molecule has 144 valence electrons. The largest absolute Gasteiger partial charge is 0.265 e. The molecule has 0 bridgehead atoms. The predicted molar refractivity (Wildman–Crippen MR) is 117 cm³/mol. The molecule has 0 fully saturated rings. The van der Waals surface area contributed by atoms with E-state index in [9.17, 15) is 0 Å². The summed E-state index contributed by atoms with van der Waals surface area (Å²) < 4.78 is 1.99. The number of fused-ring (bicyclic) bond motifs is 1. The van der Waals surface area contributed by atoms with Crippen LogP contribution >= 0.6 is 22.9 Å². The molecule has 0 atom stereocenters. The minimum absolute atomic E-state index is 0.477. The predicted octanol–water partition coefficient (Wildman–Crippen LogP) is 6.69. The van der Waals surface area contributed by atoms with Crippen LogP contribution in [-0.4, -0.2) is 19.6 Å². The first-order valence-electron chi connectivity index (χ1n) is 9.59. The second kappa shape index (κ2) is 7.64. The molecule has 0 aliphatic rings. The second-order valence-electron chi connectivity index (χ2n) is 7.06. The summed E-state index contributed by atoms with van der Waals surface area (Å²) in [4.78, 5) is 10.0. The van der Waals surface area contributed by atoms with E-state index in [1.54, 1.807) is 23.7 Å².